The lowest BCUT2D eigenvalue weighted by molar-refractivity contribution is -0.135. The first-order valence-electron chi connectivity index (χ1n) is 6.05. The van der Waals surface area contributed by atoms with Gasteiger partial charge >= 0.3 is 0 Å². The van der Waals surface area contributed by atoms with Crippen molar-refractivity contribution in [2.45, 2.75) is 44.2 Å². The number of nitrogens with two attached hydrogens (primary N) is 1. The molecular formula is C11H21N3O. The summed E-state index contributed by atoms with van der Waals surface area (Å²) >= 11 is 0. The molecule has 0 aromatic carbocycles. The van der Waals surface area contributed by atoms with E-state index in [9.17, 15) is 4.79 Å². The second kappa shape index (κ2) is 4.94. The molecule has 3 N–H and O–H groups in total. The first-order valence-corrected chi connectivity index (χ1v) is 6.05. The number of nitrogens with one attached hydrogen (secondary N) is 1. The summed E-state index contributed by atoms with van der Waals surface area (Å²) in [6.07, 6.45) is 5.47. The molecule has 2 rings (SSSR count). The van der Waals surface area contributed by atoms with Gasteiger partial charge in [-0.15, -0.1) is 0 Å². The number of rotatable bonds is 1. The van der Waals surface area contributed by atoms with Crippen LogP contribution in [0.15, 0.2) is 0 Å². The third-order valence-electron chi connectivity index (χ3n) is 3.38. The van der Waals surface area contributed by atoms with Gasteiger partial charge in [0.15, 0.2) is 0 Å². The highest BCUT2D eigenvalue weighted by atomic mass is 16.2. The summed E-state index contributed by atoms with van der Waals surface area (Å²) in [5, 5.41) is 3.30. The van der Waals surface area contributed by atoms with Crippen LogP contribution in [0.3, 0.4) is 0 Å². The highest BCUT2D eigenvalue weighted by Crippen LogP contribution is 2.14. The van der Waals surface area contributed by atoms with E-state index < -0.39 is 0 Å². The van der Waals surface area contributed by atoms with Crippen molar-refractivity contribution < 1.29 is 4.79 Å². The average Bonchev–Trinajstić information content (AvgIpc) is 2.29. The molecule has 0 spiro atoms. The SMILES string of the molecule is NC1CCCN(C(=O)[C@@H]2CCCCN2)C1. The molecule has 1 amide bonds. The van der Waals surface area contributed by atoms with Crippen molar-refractivity contribution >= 4 is 5.91 Å². The molecule has 4 nitrogen and oxygen atoms in total. The van der Waals surface area contributed by atoms with Gasteiger partial charge in [0.25, 0.3) is 0 Å². The molecule has 0 bridgehead atoms. The molecule has 2 heterocycles. The van der Waals surface area contributed by atoms with Gasteiger partial charge in [0.2, 0.25) is 5.91 Å². The average molecular weight is 211 g/mol. The van der Waals surface area contributed by atoms with E-state index >= 15 is 0 Å². The lowest BCUT2D eigenvalue weighted by Gasteiger charge is -2.34. The number of likely N-dealkylation sites (tertiary alicyclic amines) is 1. The quantitative estimate of drug-likeness (QED) is 0.645. The Labute approximate surface area is 91.2 Å². The van der Waals surface area contributed by atoms with E-state index in [-0.39, 0.29) is 18.0 Å². The van der Waals surface area contributed by atoms with Crippen molar-refractivity contribution in [1.82, 2.24) is 10.2 Å². The van der Waals surface area contributed by atoms with E-state index in [1.165, 1.54) is 12.8 Å². The molecule has 2 fully saturated rings. The van der Waals surface area contributed by atoms with E-state index in [4.69, 9.17) is 5.73 Å². The number of amides is 1. The molecule has 2 atom stereocenters. The van der Waals surface area contributed by atoms with Crippen LogP contribution in [-0.4, -0.2) is 42.5 Å². The van der Waals surface area contributed by atoms with Crippen LogP contribution in [0.5, 0.6) is 0 Å². The fourth-order valence-electron chi connectivity index (χ4n) is 2.49. The van der Waals surface area contributed by atoms with Crippen LogP contribution in [-0.2, 0) is 4.79 Å². The van der Waals surface area contributed by atoms with Crippen LogP contribution in [0.1, 0.15) is 32.1 Å². The van der Waals surface area contributed by atoms with Gasteiger partial charge in [-0.3, -0.25) is 4.79 Å². The van der Waals surface area contributed by atoms with Gasteiger partial charge in [-0.1, -0.05) is 6.42 Å². The molecule has 15 heavy (non-hydrogen) atoms. The lowest BCUT2D eigenvalue weighted by atomic mass is 10.0. The second-order valence-electron chi connectivity index (χ2n) is 4.69. The Balaban J connectivity index is 1.88. The molecule has 0 aromatic rings. The Kier molecular flexibility index (Phi) is 3.59. The van der Waals surface area contributed by atoms with Gasteiger partial charge in [0, 0.05) is 19.1 Å². The van der Waals surface area contributed by atoms with E-state index in [2.05, 4.69) is 5.32 Å². The predicted molar refractivity (Wildman–Crippen MR) is 59.4 cm³/mol. The van der Waals surface area contributed by atoms with Gasteiger partial charge in [-0.2, -0.15) is 0 Å². The van der Waals surface area contributed by atoms with Gasteiger partial charge in [0.05, 0.1) is 6.04 Å². The predicted octanol–water partition coefficient (Wildman–Crippen LogP) is 0.0782. The molecule has 2 aliphatic heterocycles. The minimum atomic E-state index is 0.0593. The zero-order valence-corrected chi connectivity index (χ0v) is 9.24. The molecule has 2 saturated heterocycles. The maximum atomic E-state index is 12.1. The monoisotopic (exact) mass is 211 g/mol. The summed E-state index contributed by atoms with van der Waals surface area (Å²) in [4.78, 5) is 14.0. The van der Waals surface area contributed by atoms with Crippen molar-refractivity contribution in [2.75, 3.05) is 19.6 Å². The molecule has 0 aromatic heterocycles. The van der Waals surface area contributed by atoms with Crippen molar-refractivity contribution in [3.63, 3.8) is 0 Å². The molecule has 0 aliphatic carbocycles. The third kappa shape index (κ3) is 2.69. The van der Waals surface area contributed by atoms with E-state index in [0.29, 0.717) is 0 Å². The van der Waals surface area contributed by atoms with Crippen LogP contribution in [0, 0.1) is 0 Å². The van der Waals surface area contributed by atoms with Crippen molar-refractivity contribution in [3.05, 3.63) is 0 Å². The maximum absolute atomic E-state index is 12.1. The van der Waals surface area contributed by atoms with Gasteiger partial charge in [0.1, 0.15) is 0 Å². The Morgan fingerprint density at radius 1 is 1.27 bits per heavy atom. The largest absolute Gasteiger partial charge is 0.340 e. The fourth-order valence-corrected chi connectivity index (χ4v) is 2.49. The van der Waals surface area contributed by atoms with Crippen molar-refractivity contribution in [1.29, 1.82) is 0 Å². The van der Waals surface area contributed by atoms with Crippen LogP contribution in [0.25, 0.3) is 0 Å². The molecule has 1 unspecified atom stereocenters. The standard InChI is InChI=1S/C11H21N3O/c12-9-4-3-7-14(8-9)11(15)10-5-1-2-6-13-10/h9-10,13H,1-8,12H2/t9?,10-/m0/s1. The minimum absolute atomic E-state index is 0.0593. The topological polar surface area (TPSA) is 58.4 Å². The second-order valence-corrected chi connectivity index (χ2v) is 4.69. The Hall–Kier alpha value is -0.610. The summed E-state index contributed by atoms with van der Waals surface area (Å²) in [5.41, 5.74) is 5.88. The van der Waals surface area contributed by atoms with Crippen LogP contribution < -0.4 is 11.1 Å². The zero-order valence-electron chi connectivity index (χ0n) is 9.24. The summed E-state index contributed by atoms with van der Waals surface area (Å²) in [7, 11) is 0. The van der Waals surface area contributed by atoms with Gasteiger partial charge in [-0.05, 0) is 32.2 Å². The van der Waals surface area contributed by atoms with E-state index in [1.54, 1.807) is 0 Å². The number of carbonyl (C=O) groups excluding carboxylic acids is 1. The summed E-state index contributed by atoms with van der Waals surface area (Å²) in [5.74, 6) is 0.268. The number of hydrogen-bond donors (Lipinski definition) is 2. The van der Waals surface area contributed by atoms with Crippen molar-refractivity contribution in [3.8, 4) is 0 Å². The van der Waals surface area contributed by atoms with Crippen LogP contribution in [0.4, 0.5) is 0 Å². The molecular weight excluding hydrogens is 190 g/mol. The number of carbonyl (C=O) groups is 1. The van der Waals surface area contributed by atoms with Gasteiger partial charge in [-0.25, -0.2) is 0 Å². The summed E-state index contributed by atoms with van der Waals surface area (Å²) in [6, 6.07) is 0.246. The minimum Gasteiger partial charge on any atom is -0.340 e. The van der Waals surface area contributed by atoms with Crippen LogP contribution in [0.2, 0.25) is 0 Å². The van der Waals surface area contributed by atoms with E-state index in [1.807, 2.05) is 4.90 Å². The number of piperidine rings is 2. The highest BCUT2D eigenvalue weighted by Gasteiger charge is 2.28. The van der Waals surface area contributed by atoms with E-state index in [0.717, 1.165) is 38.9 Å². The first-order chi connectivity index (χ1) is 7.27. The molecule has 86 valence electrons. The fraction of sp³-hybridized carbons (Fsp3) is 0.909. The molecule has 2 aliphatic rings. The lowest BCUT2D eigenvalue weighted by Crippen LogP contribution is -2.53. The Morgan fingerprint density at radius 2 is 2.13 bits per heavy atom. The summed E-state index contributed by atoms with van der Waals surface area (Å²) < 4.78 is 0. The number of hydrogen-bond acceptors (Lipinski definition) is 3. The Morgan fingerprint density at radius 3 is 2.80 bits per heavy atom. The van der Waals surface area contributed by atoms with Crippen molar-refractivity contribution in [2.24, 2.45) is 5.73 Å². The Bertz CT molecular complexity index is 226. The summed E-state index contributed by atoms with van der Waals surface area (Å²) in [6.45, 7) is 2.62. The first kappa shape index (κ1) is 10.9. The smallest absolute Gasteiger partial charge is 0.239 e. The zero-order chi connectivity index (χ0) is 10.7. The van der Waals surface area contributed by atoms with Gasteiger partial charge < -0.3 is 16.0 Å². The number of nitrogens with zero attached hydrogens (tertiary/aromatic N) is 1. The normalized spacial score (nSPS) is 32.7. The highest BCUT2D eigenvalue weighted by molar-refractivity contribution is 5.82. The molecule has 0 saturated carbocycles. The third-order valence-corrected chi connectivity index (χ3v) is 3.38. The molecule has 4 heteroatoms. The molecule has 0 radical (unpaired) electrons. The maximum Gasteiger partial charge on any atom is 0.239 e. The van der Waals surface area contributed by atoms with Crippen LogP contribution >= 0.6 is 0 Å².